The average molecular weight is 243 g/mol. The van der Waals surface area contributed by atoms with Crippen LogP contribution < -0.4 is 4.90 Å². The fraction of sp³-hybridized carbons (Fsp3) is 0.429. The minimum absolute atomic E-state index is 0.192. The van der Waals surface area contributed by atoms with E-state index in [-0.39, 0.29) is 12.6 Å². The van der Waals surface area contributed by atoms with Gasteiger partial charge in [-0.05, 0) is 31.9 Å². The van der Waals surface area contributed by atoms with Gasteiger partial charge in [-0.3, -0.25) is 0 Å². The van der Waals surface area contributed by atoms with Crippen LogP contribution in [0, 0.1) is 6.92 Å². The molecule has 0 bridgehead atoms. The molecule has 0 radical (unpaired) electrons. The summed E-state index contributed by atoms with van der Waals surface area (Å²) in [5.74, 6) is 1.75. The van der Waals surface area contributed by atoms with E-state index in [1.807, 2.05) is 25.1 Å². The van der Waals surface area contributed by atoms with Crippen LogP contribution in [0.3, 0.4) is 0 Å². The number of aromatic nitrogens is 2. The van der Waals surface area contributed by atoms with Crippen LogP contribution in [0.5, 0.6) is 0 Å². The number of anilines is 1. The highest BCUT2D eigenvalue weighted by atomic mass is 16.3. The van der Waals surface area contributed by atoms with E-state index in [0.717, 1.165) is 41.9 Å². The number of rotatable bonds is 2. The lowest BCUT2D eigenvalue weighted by atomic mass is 10.2. The molecule has 2 heterocycles. The summed E-state index contributed by atoms with van der Waals surface area (Å²) in [6.07, 6.45) is 2.15. The van der Waals surface area contributed by atoms with Crippen LogP contribution in [-0.2, 0) is 0 Å². The van der Waals surface area contributed by atoms with Gasteiger partial charge < -0.3 is 10.0 Å². The summed E-state index contributed by atoms with van der Waals surface area (Å²) in [7, 11) is 0. The van der Waals surface area contributed by atoms with E-state index < -0.39 is 0 Å². The third-order valence-corrected chi connectivity index (χ3v) is 3.55. The topological polar surface area (TPSA) is 49.2 Å². The summed E-state index contributed by atoms with van der Waals surface area (Å²) in [6, 6.07) is 8.26. The molecular formula is C14H17N3O. The summed E-state index contributed by atoms with van der Waals surface area (Å²) in [4.78, 5) is 11.3. The molecule has 0 aliphatic carbocycles. The molecule has 1 saturated heterocycles. The van der Waals surface area contributed by atoms with Gasteiger partial charge in [-0.2, -0.15) is 0 Å². The van der Waals surface area contributed by atoms with Crippen molar-refractivity contribution in [2.75, 3.05) is 18.1 Å². The maximum absolute atomic E-state index is 9.45. The summed E-state index contributed by atoms with van der Waals surface area (Å²) in [6.45, 7) is 3.07. The van der Waals surface area contributed by atoms with Crippen LogP contribution in [0.25, 0.3) is 10.9 Å². The number of aryl methyl sites for hydroxylation is 1. The van der Waals surface area contributed by atoms with Gasteiger partial charge in [-0.25, -0.2) is 9.97 Å². The molecule has 0 saturated carbocycles. The van der Waals surface area contributed by atoms with Crippen LogP contribution in [0.1, 0.15) is 18.7 Å². The van der Waals surface area contributed by atoms with Crippen LogP contribution >= 0.6 is 0 Å². The van der Waals surface area contributed by atoms with E-state index in [9.17, 15) is 5.11 Å². The highest BCUT2D eigenvalue weighted by Crippen LogP contribution is 2.29. The zero-order valence-corrected chi connectivity index (χ0v) is 10.5. The number of benzene rings is 1. The van der Waals surface area contributed by atoms with E-state index in [2.05, 4.69) is 20.9 Å². The molecule has 4 heteroatoms. The van der Waals surface area contributed by atoms with Crippen molar-refractivity contribution in [1.29, 1.82) is 0 Å². The third-order valence-electron chi connectivity index (χ3n) is 3.55. The number of aliphatic hydroxyl groups excluding tert-OH is 1. The fourth-order valence-corrected chi connectivity index (χ4v) is 2.70. The maximum atomic E-state index is 9.45. The Bertz CT molecular complexity index is 570. The number of hydrogen-bond donors (Lipinski definition) is 1. The molecule has 1 aromatic heterocycles. The van der Waals surface area contributed by atoms with Gasteiger partial charge in [0.1, 0.15) is 11.6 Å². The second kappa shape index (κ2) is 4.53. The molecule has 1 aliphatic heterocycles. The molecule has 2 aromatic rings. The van der Waals surface area contributed by atoms with Gasteiger partial charge in [0.15, 0.2) is 0 Å². The summed E-state index contributed by atoms with van der Waals surface area (Å²) >= 11 is 0. The number of fused-ring (bicyclic) bond motifs is 1. The molecule has 18 heavy (non-hydrogen) atoms. The molecule has 4 nitrogen and oxygen atoms in total. The fourth-order valence-electron chi connectivity index (χ4n) is 2.70. The maximum Gasteiger partial charge on any atom is 0.140 e. The van der Waals surface area contributed by atoms with E-state index in [1.54, 1.807) is 0 Å². The van der Waals surface area contributed by atoms with Gasteiger partial charge >= 0.3 is 0 Å². The second-order valence-corrected chi connectivity index (χ2v) is 4.78. The van der Waals surface area contributed by atoms with Crippen LogP contribution in [-0.4, -0.2) is 34.3 Å². The Hall–Kier alpha value is -1.68. The van der Waals surface area contributed by atoms with Crippen molar-refractivity contribution < 1.29 is 5.11 Å². The molecule has 1 atom stereocenters. The van der Waals surface area contributed by atoms with Crippen molar-refractivity contribution in [2.24, 2.45) is 0 Å². The van der Waals surface area contributed by atoms with Gasteiger partial charge in [-0.1, -0.05) is 12.1 Å². The standard InChI is InChI=1S/C14H17N3O/c1-10-15-13-7-3-2-6-12(13)14(16-10)17-8-4-5-11(17)9-18/h2-3,6-7,11,18H,4-5,8-9H2,1H3/t11-/m0/s1. The molecule has 1 aromatic carbocycles. The molecule has 0 amide bonds. The Balaban J connectivity index is 2.15. The lowest BCUT2D eigenvalue weighted by Crippen LogP contribution is -2.33. The Kier molecular flexibility index (Phi) is 2.88. The number of hydrogen-bond acceptors (Lipinski definition) is 4. The SMILES string of the molecule is Cc1nc(N2CCC[C@H]2CO)c2ccccc2n1. The van der Waals surface area contributed by atoms with Gasteiger partial charge in [0.05, 0.1) is 18.2 Å². The van der Waals surface area contributed by atoms with Crippen LogP contribution in [0.15, 0.2) is 24.3 Å². The van der Waals surface area contributed by atoms with Crippen molar-refractivity contribution in [3.8, 4) is 0 Å². The zero-order chi connectivity index (χ0) is 12.5. The first-order valence-corrected chi connectivity index (χ1v) is 6.40. The number of aliphatic hydroxyl groups is 1. The first-order chi connectivity index (χ1) is 8.79. The first-order valence-electron chi connectivity index (χ1n) is 6.40. The predicted octanol–water partition coefficient (Wildman–Crippen LogP) is 1.90. The summed E-state index contributed by atoms with van der Waals surface area (Å²) in [5, 5.41) is 10.5. The van der Waals surface area contributed by atoms with Crippen molar-refractivity contribution in [3.05, 3.63) is 30.1 Å². The minimum atomic E-state index is 0.192. The average Bonchev–Trinajstić information content (AvgIpc) is 2.85. The smallest absolute Gasteiger partial charge is 0.140 e. The molecule has 3 rings (SSSR count). The molecule has 0 spiro atoms. The monoisotopic (exact) mass is 243 g/mol. The highest BCUT2D eigenvalue weighted by Gasteiger charge is 2.26. The molecular weight excluding hydrogens is 226 g/mol. The molecule has 1 N–H and O–H groups in total. The van der Waals surface area contributed by atoms with E-state index in [1.165, 1.54) is 0 Å². The molecule has 94 valence electrons. The molecule has 0 unspecified atom stereocenters. The van der Waals surface area contributed by atoms with Crippen LogP contribution in [0.2, 0.25) is 0 Å². The lowest BCUT2D eigenvalue weighted by Gasteiger charge is -2.25. The summed E-state index contributed by atoms with van der Waals surface area (Å²) < 4.78 is 0. The largest absolute Gasteiger partial charge is 0.394 e. The van der Waals surface area contributed by atoms with Crippen molar-refractivity contribution in [3.63, 3.8) is 0 Å². The van der Waals surface area contributed by atoms with E-state index in [0.29, 0.717) is 0 Å². The highest BCUT2D eigenvalue weighted by molar-refractivity contribution is 5.89. The molecule has 1 fully saturated rings. The van der Waals surface area contributed by atoms with Crippen molar-refractivity contribution in [2.45, 2.75) is 25.8 Å². The first kappa shape index (κ1) is 11.4. The van der Waals surface area contributed by atoms with Gasteiger partial charge in [0, 0.05) is 11.9 Å². The van der Waals surface area contributed by atoms with E-state index in [4.69, 9.17) is 0 Å². The number of nitrogens with zero attached hydrogens (tertiary/aromatic N) is 3. The normalized spacial score (nSPS) is 19.7. The van der Waals surface area contributed by atoms with E-state index >= 15 is 0 Å². The molecule has 1 aliphatic rings. The van der Waals surface area contributed by atoms with Crippen molar-refractivity contribution >= 4 is 16.7 Å². The quantitative estimate of drug-likeness (QED) is 0.875. The minimum Gasteiger partial charge on any atom is -0.394 e. The summed E-state index contributed by atoms with van der Waals surface area (Å²) in [5.41, 5.74) is 0.976. The third kappa shape index (κ3) is 1.82. The zero-order valence-electron chi connectivity index (χ0n) is 10.5. The van der Waals surface area contributed by atoms with Gasteiger partial charge in [0.25, 0.3) is 0 Å². The lowest BCUT2D eigenvalue weighted by molar-refractivity contribution is 0.266. The predicted molar refractivity (Wildman–Crippen MR) is 71.7 cm³/mol. The Labute approximate surface area is 106 Å². The number of para-hydroxylation sites is 1. The Morgan fingerprint density at radius 3 is 3.00 bits per heavy atom. The van der Waals surface area contributed by atoms with Gasteiger partial charge in [-0.15, -0.1) is 0 Å². The van der Waals surface area contributed by atoms with Crippen molar-refractivity contribution in [1.82, 2.24) is 9.97 Å². The Morgan fingerprint density at radius 1 is 1.33 bits per heavy atom. The second-order valence-electron chi connectivity index (χ2n) is 4.78. The Morgan fingerprint density at radius 2 is 2.17 bits per heavy atom. The van der Waals surface area contributed by atoms with Crippen LogP contribution in [0.4, 0.5) is 5.82 Å². The van der Waals surface area contributed by atoms with Gasteiger partial charge in [0.2, 0.25) is 0 Å².